The first-order chi connectivity index (χ1) is 11.7. The average Bonchev–Trinajstić information content (AvgIpc) is 3.13. The standard InChI is InChI=1S/C16H25N5O3/c1-12-14(19-24-18-12)21-8-6-20(7-9-21)11-13-10-16(15(22)23-13)2-4-17-5-3-16/h13,17H,2-11H2,1H3. The van der Waals surface area contributed by atoms with Gasteiger partial charge in [-0.15, -0.1) is 0 Å². The highest BCUT2D eigenvalue weighted by atomic mass is 16.6. The second kappa shape index (κ2) is 6.33. The predicted molar refractivity (Wildman–Crippen MR) is 86.7 cm³/mol. The number of nitrogens with zero attached hydrogens (tertiary/aromatic N) is 4. The van der Waals surface area contributed by atoms with Crippen molar-refractivity contribution in [2.45, 2.75) is 32.3 Å². The SMILES string of the molecule is Cc1nonc1N1CCN(CC2CC3(CCNCC3)C(=O)O2)CC1. The Hall–Kier alpha value is -1.67. The highest BCUT2D eigenvalue weighted by Gasteiger charge is 2.49. The molecular formula is C16H25N5O3. The number of piperazine rings is 1. The molecular weight excluding hydrogens is 310 g/mol. The van der Waals surface area contributed by atoms with Crippen LogP contribution in [0, 0.1) is 12.3 Å². The Morgan fingerprint density at radius 3 is 2.62 bits per heavy atom. The Morgan fingerprint density at radius 2 is 1.96 bits per heavy atom. The van der Waals surface area contributed by atoms with Gasteiger partial charge in [-0.2, -0.15) is 0 Å². The van der Waals surface area contributed by atoms with Crippen molar-refractivity contribution >= 4 is 11.8 Å². The van der Waals surface area contributed by atoms with E-state index in [1.165, 1.54) is 0 Å². The maximum atomic E-state index is 12.3. The summed E-state index contributed by atoms with van der Waals surface area (Å²) in [7, 11) is 0. The molecule has 0 bridgehead atoms. The molecule has 132 valence electrons. The van der Waals surface area contributed by atoms with Crippen molar-refractivity contribution in [3.05, 3.63) is 5.69 Å². The molecule has 24 heavy (non-hydrogen) atoms. The lowest BCUT2D eigenvalue weighted by Crippen LogP contribution is -2.49. The third-order valence-electron chi connectivity index (χ3n) is 5.65. The Balaban J connectivity index is 1.30. The lowest BCUT2D eigenvalue weighted by atomic mass is 9.76. The summed E-state index contributed by atoms with van der Waals surface area (Å²) in [6.07, 6.45) is 2.74. The fraction of sp³-hybridized carbons (Fsp3) is 0.812. The Labute approximate surface area is 141 Å². The number of carbonyl (C=O) groups excluding carboxylic acids is 1. The summed E-state index contributed by atoms with van der Waals surface area (Å²) in [4.78, 5) is 16.9. The van der Waals surface area contributed by atoms with Gasteiger partial charge in [-0.1, -0.05) is 5.16 Å². The lowest BCUT2D eigenvalue weighted by molar-refractivity contribution is -0.150. The molecule has 4 heterocycles. The second-order valence-corrected chi connectivity index (χ2v) is 7.22. The largest absolute Gasteiger partial charge is 0.461 e. The van der Waals surface area contributed by atoms with Gasteiger partial charge in [0.25, 0.3) is 0 Å². The van der Waals surface area contributed by atoms with Gasteiger partial charge in [-0.3, -0.25) is 9.69 Å². The van der Waals surface area contributed by atoms with E-state index in [-0.39, 0.29) is 17.5 Å². The van der Waals surface area contributed by atoms with Crippen LogP contribution in [0.2, 0.25) is 0 Å². The van der Waals surface area contributed by atoms with Crippen LogP contribution >= 0.6 is 0 Å². The molecule has 1 aromatic rings. The van der Waals surface area contributed by atoms with Crippen LogP contribution in [0.3, 0.4) is 0 Å². The number of aryl methyl sites for hydroxylation is 1. The third-order valence-corrected chi connectivity index (χ3v) is 5.65. The minimum Gasteiger partial charge on any atom is -0.461 e. The zero-order valence-electron chi connectivity index (χ0n) is 14.2. The maximum absolute atomic E-state index is 12.3. The molecule has 1 N–H and O–H groups in total. The highest BCUT2D eigenvalue weighted by Crippen LogP contribution is 2.41. The van der Waals surface area contributed by atoms with Crippen molar-refractivity contribution in [1.29, 1.82) is 0 Å². The number of cyclic esters (lactones) is 1. The number of piperidine rings is 1. The molecule has 3 saturated heterocycles. The number of hydrogen-bond donors (Lipinski definition) is 1. The van der Waals surface area contributed by atoms with Crippen LogP contribution in [0.1, 0.15) is 25.0 Å². The van der Waals surface area contributed by atoms with E-state index in [2.05, 4.69) is 25.4 Å². The van der Waals surface area contributed by atoms with E-state index in [1.807, 2.05) is 6.92 Å². The quantitative estimate of drug-likeness (QED) is 0.784. The van der Waals surface area contributed by atoms with E-state index < -0.39 is 0 Å². The minimum atomic E-state index is -0.221. The van der Waals surface area contributed by atoms with Crippen molar-refractivity contribution < 1.29 is 14.2 Å². The monoisotopic (exact) mass is 335 g/mol. The summed E-state index contributed by atoms with van der Waals surface area (Å²) in [5.41, 5.74) is 0.613. The van der Waals surface area contributed by atoms with Gasteiger partial charge in [0.15, 0.2) is 5.82 Å². The van der Waals surface area contributed by atoms with Gasteiger partial charge < -0.3 is 15.0 Å². The smallest absolute Gasteiger partial charge is 0.312 e. The maximum Gasteiger partial charge on any atom is 0.312 e. The van der Waals surface area contributed by atoms with E-state index >= 15 is 0 Å². The number of rotatable bonds is 3. The average molecular weight is 335 g/mol. The zero-order chi connectivity index (χ0) is 16.6. The molecule has 8 heteroatoms. The molecule has 0 radical (unpaired) electrons. The normalized spacial score (nSPS) is 27.6. The second-order valence-electron chi connectivity index (χ2n) is 7.22. The summed E-state index contributed by atoms with van der Waals surface area (Å²) < 4.78 is 10.5. The Morgan fingerprint density at radius 1 is 1.21 bits per heavy atom. The van der Waals surface area contributed by atoms with Crippen LogP contribution in [0.5, 0.6) is 0 Å². The van der Waals surface area contributed by atoms with E-state index in [4.69, 9.17) is 9.37 Å². The molecule has 0 aromatic carbocycles. The van der Waals surface area contributed by atoms with Gasteiger partial charge in [-0.25, -0.2) is 4.63 Å². The first kappa shape index (κ1) is 15.8. The van der Waals surface area contributed by atoms with E-state index in [0.717, 1.165) is 76.6 Å². The van der Waals surface area contributed by atoms with Crippen molar-refractivity contribution in [3.63, 3.8) is 0 Å². The third kappa shape index (κ3) is 2.88. The number of hydrogen-bond acceptors (Lipinski definition) is 8. The van der Waals surface area contributed by atoms with Gasteiger partial charge in [0.2, 0.25) is 0 Å². The molecule has 1 atom stereocenters. The summed E-state index contributed by atoms with van der Waals surface area (Å²) in [6, 6.07) is 0. The number of aromatic nitrogens is 2. The molecule has 4 rings (SSSR count). The topological polar surface area (TPSA) is 83.7 Å². The van der Waals surface area contributed by atoms with Crippen LogP contribution in [-0.2, 0) is 9.53 Å². The highest BCUT2D eigenvalue weighted by molar-refractivity contribution is 5.79. The fourth-order valence-electron chi connectivity index (χ4n) is 4.20. The van der Waals surface area contributed by atoms with Crippen molar-refractivity contribution in [2.24, 2.45) is 5.41 Å². The van der Waals surface area contributed by atoms with E-state index in [1.54, 1.807) is 0 Å². The number of esters is 1. The molecule has 1 aromatic heterocycles. The van der Waals surface area contributed by atoms with Crippen LogP contribution in [0.4, 0.5) is 5.82 Å². The van der Waals surface area contributed by atoms with Crippen LogP contribution in [-0.4, -0.2) is 73.1 Å². The summed E-state index contributed by atoms with van der Waals surface area (Å²) in [5.74, 6) is 0.868. The molecule has 3 aliphatic rings. The molecule has 0 saturated carbocycles. The number of carbonyl (C=O) groups is 1. The first-order valence-electron chi connectivity index (χ1n) is 8.85. The molecule has 1 unspecified atom stereocenters. The number of nitrogens with one attached hydrogen (secondary N) is 1. The first-order valence-corrected chi connectivity index (χ1v) is 8.85. The summed E-state index contributed by atoms with van der Waals surface area (Å²) in [6.45, 7) is 8.26. The van der Waals surface area contributed by atoms with Gasteiger partial charge in [0.05, 0.1) is 5.41 Å². The van der Waals surface area contributed by atoms with Crippen LogP contribution in [0.15, 0.2) is 4.63 Å². The molecule has 8 nitrogen and oxygen atoms in total. The Bertz CT molecular complexity index is 590. The van der Waals surface area contributed by atoms with E-state index in [9.17, 15) is 4.79 Å². The minimum absolute atomic E-state index is 0.0249. The number of ether oxygens (including phenoxy) is 1. The molecule has 1 spiro atoms. The van der Waals surface area contributed by atoms with Gasteiger partial charge in [0, 0.05) is 39.1 Å². The van der Waals surface area contributed by atoms with Crippen LogP contribution in [0.25, 0.3) is 0 Å². The van der Waals surface area contributed by atoms with Gasteiger partial charge in [0.1, 0.15) is 11.8 Å². The van der Waals surface area contributed by atoms with E-state index in [0.29, 0.717) is 0 Å². The Kier molecular flexibility index (Phi) is 4.17. The molecule has 0 amide bonds. The summed E-state index contributed by atoms with van der Waals surface area (Å²) in [5, 5.41) is 11.2. The molecule has 3 fully saturated rings. The molecule has 0 aliphatic carbocycles. The fourth-order valence-corrected chi connectivity index (χ4v) is 4.20. The zero-order valence-corrected chi connectivity index (χ0v) is 14.2. The number of anilines is 1. The lowest BCUT2D eigenvalue weighted by Gasteiger charge is -2.35. The predicted octanol–water partition coefficient (Wildman–Crippen LogP) is 0.185. The van der Waals surface area contributed by atoms with Gasteiger partial charge in [-0.05, 0) is 38.0 Å². The van der Waals surface area contributed by atoms with Crippen molar-refractivity contribution in [3.8, 4) is 0 Å². The summed E-state index contributed by atoms with van der Waals surface area (Å²) >= 11 is 0. The van der Waals surface area contributed by atoms with Crippen molar-refractivity contribution in [1.82, 2.24) is 20.5 Å². The molecule has 3 aliphatic heterocycles. The van der Waals surface area contributed by atoms with Gasteiger partial charge >= 0.3 is 5.97 Å². The van der Waals surface area contributed by atoms with Crippen LogP contribution < -0.4 is 10.2 Å². The van der Waals surface area contributed by atoms with Crippen molar-refractivity contribution in [2.75, 3.05) is 50.7 Å².